The van der Waals surface area contributed by atoms with Gasteiger partial charge in [-0.15, -0.1) is 0 Å². The Labute approximate surface area is 214 Å². The van der Waals surface area contributed by atoms with Gasteiger partial charge in [-0.2, -0.15) is 0 Å². The number of amides is 2. The van der Waals surface area contributed by atoms with E-state index < -0.39 is 41.2 Å². The molecule has 0 saturated heterocycles. The molecule has 3 rings (SSSR count). The van der Waals surface area contributed by atoms with Crippen molar-refractivity contribution in [3.8, 4) is 11.1 Å². The maximum atomic E-state index is 14.5. The van der Waals surface area contributed by atoms with E-state index in [2.05, 4.69) is 0 Å². The molecule has 0 saturated carbocycles. The van der Waals surface area contributed by atoms with Crippen LogP contribution in [0.2, 0.25) is 0 Å². The van der Waals surface area contributed by atoms with Crippen LogP contribution in [0.4, 0.5) is 14.5 Å². The molecule has 37 heavy (non-hydrogen) atoms. The van der Waals surface area contributed by atoms with Crippen LogP contribution in [-0.2, 0) is 14.4 Å². The number of halogens is 2. The fourth-order valence-electron chi connectivity index (χ4n) is 3.57. The van der Waals surface area contributed by atoms with Crippen LogP contribution in [-0.4, -0.2) is 49.2 Å². The van der Waals surface area contributed by atoms with E-state index in [1.165, 1.54) is 20.2 Å². The number of rotatable bonds is 7. The van der Waals surface area contributed by atoms with Gasteiger partial charge in [0, 0.05) is 18.3 Å². The van der Waals surface area contributed by atoms with Crippen LogP contribution >= 0.6 is 0 Å². The number of anilines is 1. The standard InChI is InChI=1S/C28H28F2N2O5/c1-28(2,3)37-24(33)17-32(27(35)25-22(29)13-8-14-23(25)30)21-12-7-10-19(16-21)18-9-6-11-20(15-18)26(34)31(4)36-5/h6-16H,17H2,1-5H3. The van der Waals surface area contributed by atoms with E-state index in [-0.39, 0.29) is 11.6 Å². The van der Waals surface area contributed by atoms with Gasteiger partial charge in [0.2, 0.25) is 0 Å². The van der Waals surface area contributed by atoms with E-state index in [0.717, 1.165) is 28.2 Å². The molecule has 2 amide bonds. The van der Waals surface area contributed by atoms with Crippen molar-refractivity contribution in [2.24, 2.45) is 0 Å². The average Bonchev–Trinajstić information content (AvgIpc) is 2.85. The molecule has 0 radical (unpaired) electrons. The normalized spacial score (nSPS) is 11.1. The average molecular weight is 511 g/mol. The third-order valence-electron chi connectivity index (χ3n) is 5.29. The first-order valence-electron chi connectivity index (χ1n) is 11.4. The summed E-state index contributed by atoms with van der Waals surface area (Å²) in [5.74, 6) is -4.26. The zero-order valence-corrected chi connectivity index (χ0v) is 21.2. The van der Waals surface area contributed by atoms with Crippen molar-refractivity contribution in [2.75, 3.05) is 25.6 Å². The highest BCUT2D eigenvalue weighted by Crippen LogP contribution is 2.28. The number of benzene rings is 3. The van der Waals surface area contributed by atoms with E-state index in [0.29, 0.717) is 16.7 Å². The van der Waals surface area contributed by atoms with Gasteiger partial charge in [0.15, 0.2) is 0 Å². The van der Waals surface area contributed by atoms with Crippen molar-refractivity contribution in [2.45, 2.75) is 26.4 Å². The summed E-state index contributed by atoms with van der Waals surface area (Å²) < 4.78 is 34.3. The molecule has 0 atom stereocenters. The second-order valence-electron chi connectivity index (χ2n) is 9.19. The van der Waals surface area contributed by atoms with Crippen molar-refractivity contribution >= 4 is 23.5 Å². The Morgan fingerprint density at radius 2 is 1.41 bits per heavy atom. The highest BCUT2D eigenvalue weighted by atomic mass is 19.1. The van der Waals surface area contributed by atoms with Crippen LogP contribution in [0.3, 0.4) is 0 Å². The van der Waals surface area contributed by atoms with Gasteiger partial charge in [0.05, 0.1) is 7.11 Å². The van der Waals surface area contributed by atoms with Crippen molar-refractivity contribution in [3.05, 3.63) is 89.5 Å². The molecule has 0 aromatic heterocycles. The summed E-state index contributed by atoms with van der Waals surface area (Å²) in [6.45, 7) is 4.43. The van der Waals surface area contributed by atoms with E-state index in [1.807, 2.05) is 0 Å². The first-order valence-corrected chi connectivity index (χ1v) is 11.4. The Morgan fingerprint density at radius 3 is 2.00 bits per heavy atom. The van der Waals surface area contributed by atoms with E-state index in [4.69, 9.17) is 9.57 Å². The smallest absolute Gasteiger partial charge is 0.326 e. The number of nitrogens with zero attached hydrogens (tertiary/aromatic N) is 2. The third kappa shape index (κ3) is 6.77. The fourth-order valence-corrected chi connectivity index (χ4v) is 3.57. The second kappa shape index (κ2) is 11.3. The van der Waals surface area contributed by atoms with Crippen LogP contribution in [0, 0.1) is 11.6 Å². The molecule has 0 bridgehead atoms. The number of esters is 1. The molecule has 0 fully saturated rings. The number of carbonyl (C=O) groups is 3. The molecule has 3 aromatic rings. The molecular weight excluding hydrogens is 482 g/mol. The summed E-state index contributed by atoms with van der Waals surface area (Å²) in [4.78, 5) is 44.4. The molecule has 0 unspecified atom stereocenters. The van der Waals surface area contributed by atoms with E-state index in [1.54, 1.807) is 63.2 Å². The molecule has 3 aromatic carbocycles. The van der Waals surface area contributed by atoms with Crippen molar-refractivity contribution in [1.29, 1.82) is 0 Å². The molecule has 0 N–H and O–H groups in total. The van der Waals surface area contributed by atoms with Gasteiger partial charge in [0.1, 0.15) is 29.3 Å². The number of carbonyl (C=O) groups excluding carboxylic acids is 3. The lowest BCUT2D eigenvalue weighted by Crippen LogP contribution is -2.39. The second-order valence-corrected chi connectivity index (χ2v) is 9.19. The summed E-state index contributed by atoms with van der Waals surface area (Å²) in [5, 5.41) is 1.08. The lowest BCUT2D eigenvalue weighted by atomic mass is 10.0. The molecular formula is C28H28F2N2O5. The maximum Gasteiger partial charge on any atom is 0.326 e. The Hall–Kier alpha value is -4.11. The van der Waals surface area contributed by atoms with E-state index in [9.17, 15) is 23.2 Å². The number of hydrogen-bond acceptors (Lipinski definition) is 5. The topological polar surface area (TPSA) is 76.2 Å². The summed E-state index contributed by atoms with van der Waals surface area (Å²) >= 11 is 0. The third-order valence-corrected chi connectivity index (χ3v) is 5.29. The van der Waals surface area contributed by atoms with Crippen molar-refractivity contribution < 1.29 is 32.7 Å². The molecule has 0 spiro atoms. The minimum absolute atomic E-state index is 0.210. The van der Waals surface area contributed by atoms with Gasteiger partial charge in [-0.25, -0.2) is 13.8 Å². The summed E-state index contributed by atoms with van der Waals surface area (Å²) in [5.41, 5.74) is 0.192. The maximum absolute atomic E-state index is 14.5. The van der Waals surface area contributed by atoms with Crippen LogP contribution < -0.4 is 4.90 Å². The van der Waals surface area contributed by atoms with Crippen LogP contribution in [0.15, 0.2) is 66.7 Å². The number of hydrogen-bond donors (Lipinski definition) is 0. The van der Waals surface area contributed by atoms with Crippen molar-refractivity contribution in [1.82, 2.24) is 5.06 Å². The molecule has 0 aliphatic heterocycles. The largest absolute Gasteiger partial charge is 0.459 e. The van der Waals surface area contributed by atoms with Crippen LogP contribution in [0.1, 0.15) is 41.5 Å². The first-order chi connectivity index (χ1) is 17.4. The Morgan fingerprint density at radius 1 is 0.838 bits per heavy atom. The molecule has 0 aliphatic rings. The zero-order valence-electron chi connectivity index (χ0n) is 21.2. The van der Waals surface area contributed by atoms with Gasteiger partial charge in [-0.1, -0.05) is 30.3 Å². The Balaban J connectivity index is 2.05. The SMILES string of the molecule is CON(C)C(=O)c1cccc(-c2cccc(N(CC(=O)OC(C)(C)C)C(=O)c3c(F)cccc3F)c2)c1. The minimum Gasteiger partial charge on any atom is -0.459 e. The van der Waals surface area contributed by atoms with Crippen LogP contribution in [0.5, 0.6) is 0 Å². The Kier molecular flexibility index (Phi) is 8.39. The van der Waals surface area contributed by atoms with Gasteiger partial charge in [0.25, 0.3) is 11.8 Å². The van der Waals surface area contributed by atoms with Gasteiger partial charge in [-0.3, -0.25) is 24.1 Å². The lowest BCUT2D eigenvalue weighted by Gasteiger charge is -2.26. The highest BCUT2D eigenvalue weighted by Gasteiger charge is 2.28. The molecule has 0 aliphatic carbocycles. The molecule has 194 valence electrons. The quantitative estimate of drug-likeness (QED) is 0.320. The summed E-state index contributed by atoms with van der Waals surface area (Å²) in [6, 6.07) is 16.3. The summed E-state index contributed by atoms with van der Waals surface area (Å²) in [6.07, 6.45) is 0. The van der Waals surface area contributed by atoms with Crippen LogP contribution in [0.25, 0.3) is 11.1 Å². The summed E-state index contributed by atoms with van der Waals surface area (Å²) in [7, 11) is 2.86. The molecule has 9 heteroatoms. The molecule has 7 nitrogen and oxygen atoms in total. The van der Waals surface area contributed by atoms with E-state index >= 15 is 0 Å². The fraction of sp³-hybridized carbons (Fsp3) is 0.250. The first kappa shape index (κ1) is 27.5. The Bertz CT molecular complexity index is 1300. The van der Waals surface area contributed by atoms with Gasteiger partial charge >= 0.3 is 5.97 Å². The predicted octanol–water partition coefficient (Wildman–Crippen LogP) is 5.25. The number of hydroxylamine groups is 2. The monoisotopic (exact) mass is 510 g/mol. The predicted molar refractivity (Wildman–Crippen MR) is 135 cm³/mol. The highest BCUT2D eigenvalue weighted by molar-refractivity contribution is 6.09. The zero-order chi connectivity index (χ0) is 27.3. The number of ether oxygens (including phenoxy) is 1. The lowest BCUT2D eigenvalue weighted by molar-refractivity contribution is -0.152. The minimum atomic E-state index is -1.05. The van der Waals surface area contributed by atoms with Crippen molar-refractivity contribution in [3.63, 3.8) is 0 Å². The van der Waals surface area contributed by atoms with Gasteiger partial charge in [-0.05, 0) is 68.3 Å². The van der Waals surface area contributed by atoms with Gasteiger partial charge < -0.3 is 4.74 Å². The molecule has 0 heterocycles.